The summed E-state index contributed by atoms with van der Waals surface area (Å²) in [5.41, 5.74) is 1.57. The summed E-state index contributed by atoms with van der Waals surface area (Å²) in [6, 6.07) is 21.5. The van der Waals surface area contributed by atoms with Gasteiger partial charge in [0, 0.05) is 28.8 Å². The van der Waals surface area contributed by atoms with Crippen molar-refractivity contribution in [1.82, 2.24) is 15.5 Å². The fourth-order valence-corrected chi connectivity index (χ4v) is 4.64. The molecular formula is C35H30F2N4O6. The molecule has 5 rings (SSSR count). The predicted molar refractivity (Wildman–Crippen MR) is 169 cm³/mol. The fraction of sp³-hybridized carbons (Fsp3) is 0.171. The molecule has 5 aromatic rings. The molecule has 0 aliphatic heterocycles. The molecule has 0 spiro atoms. The standard InChI is InChI=1S/C35H30F2N4O6/c1-35(2,3)46-34(45)38-24-14-12-21(13-15-24)32-40-30(41-47-32)26-16-11-20(17-28(26)37)18-29(33(43)44)39-31(42)23-8-6-7-22(19-23)25-9-4-5-10-27(25)36/h4-17,19,29H,18H2,1-3H3,(H,38,45)(H,39,42)(H,43,44). The summed E-state index contributed by atoms with van der Waals surface area (Å²) in [5.74, 6) is -3.10. The highest BCUT2D eigenvalue weighted by Crippen LogP contribution is 2.27. The summed E-state index contributed by atoms with van der Waals surface area (Å²) < 4.78 is 40.0. The van der Waals surface area contributed by atoms with Crippen LogP contribution in [0.5, 0.6) is 0 Å². The van der Waals surface area contributed by atoms with Crippen LogP contribution < -0.4 is 10.6 Å². The predicted octanol–water partition coefficient (Wildman–Crippen LogP) is 7.12. The first kappa shape index (κ1) is 32.5. The van der Waals surface area contributed by atoms with Gasteiger partial charge in [0.2, 0.25) is 5.82 Å². The van der Waals surface area contributed by atoms with Crippen molar-refractivity contribution in [3.05, 3.63) is 114 Å². The minimum Gasteiger partial charge on any atom is -0.480 e. The summed E-state index contributed by atoms with van der Waals surface area (Å²) in [4.78, 5) is 41.3. The first-order chi connectivity index (χ1) is 22.4. The number of nitrogens with one attached hydrogen (secondary N) is 2. The second-order valence-corrected chi connectivity index (χ2v) is 11.6. The van der Waals surface area contributed by atoms with E-state index in [1.54, 1.807) is 75.4 Å². The van der Waals surface area contributed by atoms with Crippen LogP contribution in [0.1, 0.15) is 36.7 Å². The molecule has 10 nitrogen and oxygen atoms in total. The van der Waals surface area contributed by atoms with E-state index < -0.39 is 41.2 Å². The molecule has 1 atom stereocenters. The van der Waals surface area contributed by atoms with Crippen LogP contribution in [0.15, 0.2) is 95.5 Å². The number of carboxylic acid groups (broad SMARTS) is 1. The summed E-state index contributed by atoms with van der Waals surface area (Å²) in [6.45, 7) is 5.27. The monoisotopic (exact) mass is 640 g/mol. The van der Waals surface area contributed by atoms with Gasteiger partial charge in [-0.1, -0.05) is 41.6 Å². The average molecular weight is 641 g/mol. The summed E-state index contributed by atoms with van der Waals surface area (Å²) in [7, 11) is 0. The highest BCUT2D eigenvalue weighted by molar-refractivity contribution is 5.97. The van der Waals surface area contributed by atoms with E-state index in [0.717, 1.165) is 6.07 Å². The van der Waals surface area contributed by atoms with Crippen LogP contribution in [0, 0.1) is 11.6 Å². The molecule has 0 radical (unpaired) electrons. The molecule has 0 bridgehead atoms. The van der Waals surface area contributed by atoms with Crippen molar-refractivity contribution >= 4 is 23.7 Å². The molecule has 1 aromatic heterocycles. The summed E-state index contributed by atoms with van der Waals surface area (Å²) >= 11 is 0. The maximum atomic E-state index is 15.2. The molecule has 1 heterocycles. The van der Waals surface area contributed by atoms with Crippen LogP contribution in [0.3, 0.4) is 0 Å². The SMILES string of the molecule is CC(C)(C)OC(=O)Nc1ccc(-c2nc(-c3ccc(CC(NC(=O)c4cccc(-c5ccccc5F)c4)C(=O)O)cc3F)no2)cc1. The highest BCUT2D eigenvalue weighted by atomic mass is 19.1. The lowest BCUT2D eigenvalue weighted by atomic mass is 10.0. The van der Waals surface area contributed by atoms with Crippen LogP contribution in [0.2, 0.25) is 0 Å². The van der Waals surface area contributed by atoms with E-state index >= 15 is 4.39 Å². The van der Waals surface area contributed by atoms with Gasteiger partial charge in [-0.15, -0.1) is 0 Å². The molecule has 4 aromatic carbocycles. The van der Waals surface area contributed by atoms with Gasteiger partial charge in [0.15, 0.2) is 0 Å². The molecule has 0 saturated heterocycles. The second-order valence-electron chi connectivity index (χ2n) is 11.6. The van der Waals surface area contributed by atoms with E-state index in [-0.39, 0.29) is 29.3 Å². The van der Waals surface area contributed by atoms with Gasteiger partial charge in [-0.2, -0.15) is 4.98 Å². The van der Waals surface area contributed by atoms with Crippen molar-refractivity contribution in [2.45, 2.75) is 38.8 Å². The van der Waals surface area contributed by atoms with Gasteiger partial charge in [0.25, 0.3) is 11.8 Å². The van der Waals surface area contributed by atoms with Crippen molar-refractivity contribution in [3.63, 3.8) is 0 Å². The number of nitrogens with zero attached hydrogens (tertiary/aromatic N) is 2. The lowest BCUT2D eigenvalue weighted by Gasteiger charge is -2.19. The van der Waals surface area contributed by atoms with E-state index in [1.807, 2.05) is 0 Å². The van der Waals surface area contributed by atoms with E-state index in [0.29, 0.717) is 27.9 Å². The largest absolute Gasteiger partial charge is 0.480 e. The molecule has 0 fully saturated rings. The topological polar surface area (TPSA) is 144 Å². The Morgan fingerprint density at radius 1 is 0.872 bits per heavy atom. The van der Waals surface area contributed by atoms with Gasteiger partial charge < -0.3 is 19.7 Å². The Labute approximate surface area is 268 Å². The molecule has 3 N–H and O–H groups in total. The number of benzene rings is 4. The number of rotatable bonds is 9. The zero-order valence-electron chi connectivity index (χ0n) is 25.6. The van der Waals surface area contributed by atoms with E-state index in [2.05, 4.69) is 20.8 Å². The molecule has 0 aliphatic carbocycles. The quantitative estimate of drug-likeness (QED) is 0.155. The number of anilines is 1. The Bertz CT molecular complexity index is 1940. The molecule has 240 valence electrons. The number of aromatic nitrogens is 2. The Morgan fingerprint density at radius 3 is 2.30 bits per heavy atom. The number of carboxylic acids is 1. The number of ether oxygens (including phenoxy) is 1. The zero-order chi connectivity index (χ0) is 33.7. The maximum Gasteiger partial charge on any atom is 0.412 e. The minimum atomic E-state index is -1.38. The van der Waals surface area contributed by atoms with Crippen molar-refractivity contribution in [1.29, 1.82) is 0 Å². The molecule has 47 heavy (non-hydrogen) atoms. The number of halogens is 2. The maximum absolute atomic E-state index is 15.2. The molecule has 1 unspecified atom stereocenters. The first-order valence-corrected chi connectivity index (χ1v) is 14.5. The molecular weight excluding hydrogens is 610 g/mol. The third-order valence-electron chi connectivity index (χ3n) is 6.83. The Kier molecular flexibility index (Phi) is 9.41. The minimum absolute atomic E-state index is 0.0211. The van der Waals surface area contributed by atoms with Crippen molar-refractivity contribution < 1.29 is 37.5 Å². The van der Waals surface area contributed by atoms with E-state index in [9.17, 15) is 23.9 Å². The zero-order valence-corrected chi connectivity index (χ0v) is 25.6. The highest BCUT2D eigenvalue weighted by Gasteiger charge is 2.23. The number of hydrogen-bond donors (Lipinski definition) is 3. The van der Waals surface area contributed by atoms with Crippen LogP contribution in [-0.4, -0.2) is 44.9 Å². The number of hydrogen-bond acceptors (Lipinski definition) is 7. The Hall–Kier alpha value is -5.91. The smallest absolute Gasteiger partial charge is 0.412 e. The number of amides is 2. The lowest BCUT2D eigenvalue weighted by Crippen LogP contribution is -2.42. The van der Waals surface area contributed by atoms with Crippen LogP contribution >= 0.6 is 0 Å². The van der Waals surface area contributed by atoms with Crippen LogP contribution in [-0.2, 0) is 16.0 Å². The van der Waals surface area contributed by atoms with Crippen molar-refractivity contribution in [3.8, 4) is 34.0 Å². The van der Waals surface area contributed by atoms with E-state index in [1.165, 1.54) is 30.3 Å². The molecule has 12 heteroatoms. The average Bonchev–Trinajstić information content (AvgIpc) is 3.50. The second kappa shape index (κ2) is 13.6. The van der Waals surface area contributed by atoms with Gasteiger partial charge >= 0.3 is 12.1 Å². The third-order valence-corrected chi connectivity index (χ3v) is 6.83. The normalized spacial score (nSPS) is 11.9. The first-order valence-electron chi connectivity index (χ1n) is 14.5. The van der Waals surface area contributed by atoms with Gasteiger partial charge in [-0.3, -0.25) is 10.1 Å². The Morgan fingerprint density at radius 2 is 1.62 bits per heavy atom. The number of carbonyl (C=O) groups is 3. The number of aliphatic carboxylic acids is 1. The third kappa shape index (κ3) is 8.23. The summed E-state index contributed by atoms with van der Waals surface area (Å²) in [6.07, 6.45) is -0.820. The number of carbonyl (C=O) groups excluding carboxylic acids is 2. The molecule has 0 aliphatic rings. The Balaban J connectivity index is 1.25. The van der Waals surface area contributed by atoms with Crippen molar-refractivity contribution in [2.75, 3.05) is 5.32 Å². The van der Waals surface area contributed by atoms with Crippen molar-refractivity contribution in [2.24, 2.45) is 0 Å². The van der Waals surface area contributed by atoms with Gasteiger partial charge in [0.05, 0.1) is 5.56 Å². The van der Waals surface area contributed by atoms with Gasteiger partial charge in [-0.25, -0.2) is 18.4 Å². The van der Waals surface area contributed by atoms with Crippen LogP contribution in [0.25, 0.3) is 34.0 Å². The fourth-order valence-electron chi connectivity index (χ4n) is 4.64. The van der Waals surface area contributed by atoms with Gasteiger partial charge in [-0.05, 0) is 86.5 Å². The summed E-state index contributed by atoms with van der Waals surface area (Å²) in [5, 5.41) is 18.8. The lowest BCUT2D eigenvalue weighted by molar-refractivity contribution is -0.139. The molecule has 0 saturated carbocycles. The van der Waals surface area contributed by atoms with Crippen LogP contribution in [0.4, 0.5) is 19.3 Å². The molecule has 2 amide bonds. The van der Waals surface area contributed by atoms with E-state index in [4.69, 9.17) is 9.26 Å². The van der Waals surface area contributed by atoms with Gasteiger partial charge in [0.1, 0.15) is 23.3 Å².